The van der Waals surface area contributed by atoms with Crippen molar-refractivity contribution in [1.29, 1.82) is 5.26 Å². The molecule has 6 N–H and O–H groups in total. The van der Waals surface area contributed by atoms with Gasteiger partial charge in [-0.15, -0.1) is 0 Å². The number of nitrogen functional groups attached to an aromatic ring is 2. The van der Waals surface area contributed by atoms with E-state index in [9.17, 15) is 15.3 Å². The maximum atomic E-state index is 9.74. The Morgan fingerprint density at radius 1 is 1.07 bits per heavy atom. The zero-order chi connectivity index (χ0) is 19.4. The van der Waals surface area contributed by atoms with Crippen molar-refractivity contribution in [3.05, 3.63) is 59.7 Å². The summed E-state index contributed by atoms with van der Waals surface area (Å²) < 4.78 is 5.71. The van der Waals surface area contributed by atoms with Gasteiger partial charge in [0.1, 0.15) is 29.8 Å². The topological polar surface area (TPSA) is 151 Å². The lowest BCUT2D eigenvalue weighted by atomic mass is 9.78. The summed E-state index contributed by atoms with van der Waals surface area (Å²) in [5.41, 5.74) is 13.1. The third-order valence-electron chi connectivity index (χ3n) is 3.86. The van der Waals surface area contributed by atoms with E-state index >= 15 is 0 Å². The van der Waals surface area contributed by atoms with E-state index < -0.39 is 7.12 Å². The molecule has 134 valence electrons. The molecule has 0 saturated carbocycles. The summed E-state index contributed by atoms with van der Waals surface area (Å²) in [4.78, 5) is 7.83. The molecule has 0 saturated heterocycles. The van der Waals surface area contributed by atoms with E-state index in [1.165, 1.54) is 6.07 Å². The highest BCUT2D eigenvalue weighted by Gasteiger charge is 2.21. The maximum Gasteiger partial charge on any atom is 0.492 e. The normalized spacial score (nSPS) is 10.3. The van der Waals surface area contributed by atoms with Gasteiger partial charge in [0.15, 0.2) is 0 Å². The molecule has 3 aromatic rings. The van der Waals surface area contributed by atoms with Gasteiger partial charge in [-0.25, -0.2) is 4.98 Å². The molecule has 0 amide bonds. The van der Waals surface area contributed by atoms with Crippen molar-refractivity contribution in [2.24, 2.45) is 0 Å². The molecule has 1 heterocycles. The first-order valence-electron chi connectivity index (χ1n) is 8.00. The predicted molar refractivity (Wildman–Crippen MR) is 102 cm³/mol. The number of hydrogen-bond acceptors (Lipinski definition) is 8. The summed E-state index contributed by atoms with van der Waals surface area (Å²) in [6.45, 7) is 0.261. The second-order valence-electron chi connectivity index (χ2n) is 5.70. The molecular weight excluding hydrogens is 345 g/mol. The van der Waals surface area contributed by atoms with Gasteiger partial charge in [0.2, 0.25) is 5.95 Å². The summed E-state index contributed by atoms with van der Waals surface area (Å²) in [6, 6.07) is 16.1. The number of anilines is 2. The van der Waals surface area contributed by atoms with Crippen LogP contribution in [0.1, 0.15) is 11.1 Å². The number of nitrogens with two attached hydrogens (primary N) is 2. The minimum Gasteiger partial charge on any atom is -0.489 e. The Morgan fingerprint density at radius 2 is 1.81 bits per heavy atom. The minimum atomic E-state index is -1.78. The Morgan fingerprint density at radius 3 is 2.48 bits per heavy atom. The zero-order valence-electron chi connectivity index (χ0n) is 14.2. The molecule has 1 aromatic heterocycles. The fraction of sp³-hybridized carbons (Fsp3) is 0.0556. The monoisotopic (exact) mass is 361 g/mol. The van der Waals surface area contributed by atoms with Crippen LogP contribution in [0.5, 0.6) is 5.75 Å². The Kier molecular flexibility index (Phi) is 5.21. The number of ether oxygens (including phenoxy) is 1. The van der Waals surface area contributed by atoms with Crippen molar-refractivity contribution in [2.45, 2.75) is 6.61 Å². The Balaban J connectivity index is 1.99. The van der Waals surface area contributed by atoms with Crippen LogP contribution in [0, 0.1) is 11.3 Å². The minimum absolute atomic E-state index is 0.0458. The van der Waals surface area contributed by atoms with Gasteiger partial charge in [0.05, 0.1) is 5.69 Å². The van der Waals surface area contributed by atoms with Gasteiger partial charge < -0.3 is 26.3 Å². The second kappa shape index (κ2) is 7.74. The summed E-state index contributed by atoms with van der Waals surface area (Å²) in [5, 5.41) is 28.8. The quantitative estimate of drug-likeness (QED) is 0.478. The first-order valence-corrected chi connectivity index (χ1v) is 8.00. The molecule has 0 aliphatic carbocycles. The van der Waals surface area contributed by atoms with Crippen LogP contribution in [0.25, 0.3) is 11.3 Å². The van der Waals surface area contributed by atoms with Crippen LogP contribution >= 0.6 is 0 Å². The summed E-state index contributed by atoms with van der Waals surface area (Å²) >= 11 is 0. The van der Waals surface area contributed by atoms with Crippen LogP contribution in [0.2, 0.25) is 0 Å². The molecule has 3 rings (SSSR count). The Hall–Kier alpha value is -3.61. The molecule has 0 unspecified atom stereocenters. The predicted octanol–water partition coefficient (Wildman–Crippen LogP) is 0.438. The summed E-state index contributed by atoms with van der Waals surface area (Å²) in [7, 11) is -1.78. The van der Waals surface area contributed by atoms with Crippen molar-refractivity contribution >= 4 is 24.3 Å². The van der Waals surface area contributed by atoms with E-state index in [-0.39, 0.29) is 35.1 Å². The Labute approximate surface area is 155 Å². The first-order chi connectivity index (χ1) is 13.0. The van der Waals surface area contributed by atoms with Gasteiger partial charge in [-0.2, -0.15) is 10.2 Å². The molecule has 9 heteroatoms. The molecule has 0 aliphatic rings. The molecule has 0 aliphatic heterocycles. The van der Waals surface area contributed by atoms with Crippen molar-refractivity contribution < 1.29 is 14.8 Å². The standard InChI is InChI=1S/C18H16BN5O3/c20-9-13-16(23-18(22)24-17(13)21)12-6-7-15(14(8-12)19(25)26)27-10-11-4-2-1-3-5-11/h1-8,25-26H,10H2,(H4,21,22,23,24). The van der Waals surface area contributed by atoms with Crippen LogP contribution in [0.4, 0.5) is 11.8 Å². The van der Waals surface area contributed by atoms with Crippen LogP contribution in [0.3, 0.4) is 0 Å². The van der Waals surface area contributed by atoms with E-state index in [1.54, 1.807) is 12.1 Å². The van der Waals surface area contributed by atoms with Gasteiger partial charge in [-0.05, 0) is 23.8 Å². The molecular formula is C18H16BN5O3. The van der Waals surface area contributed by atoms with E-state index in [2.05, 4.69) is 9.97 Å². The highest BCUT2D eigenvalue weighted by Crippen LogP contribution is 2.26. The largest absolute Gasteiger partial charge is 0.492 e. The lowest BCUT2D eigenvalue weighted by molar-refractivity contribution is 0.306. The van der Waals surface area contributed by atoms with E-state index in [0.29, 0.717) is 11.3 Å². The van der Waals surface area contributed by atoms with Gasteiger partial charge in [0, 0.05) is 11.0 Å². The van der Waals surface area contributed by atoms with Crippen molar-refractivity contribution in [1.82, 2.24) is 9.97 Å². The first kappa shape index (κ1) is 18.2. The number of nitrogens with zero attached hydrogens (tertiary/aromatic N) is 3. The smallest absolute Gasteiger partial charge is 0.489 e. The van der Waals surface area contributed by atoms with Crippen molar-refractivity contribution in [2.75, 3.05) is 11.5 Å². The molecule has 0 fully saturated rings. The van der Waals surface area contributed by atoms with E-state index in [0.717, 1.165) is 5.56 Å². The van der Waals surface area contributed by atoms with Crippen LogP contribution < -0.4 is 21.7 Å². The molecule has 0 atom stereocenters. The second-order valence-corrected chi connectivity index (χ2v) is 5.70. The highest BCUT2D eigenvalue weighted by atomic mass is 16.5. The van der Waals surface area contributed by atoms with Gasteiger partial charge in [-0.3, -0.25) is 0 Å². The fourth-order valence-electron chi connectivity index (χ4n) is 2.58. The molecule has 0 bridgehead atoms. The summed E-state index contributed by atoms with van der Waals surface area (Å²) in [5.74, 6) is 0.165. The Bertz CT molecular complexity index is 1010. The van der Waals surface area contributed by atoms with Gasteiger partial charge in [-0.1, -0.05) is 30.3 Å². The third kappa shape index (κ3) is 3.98. The number of hydrogen-bond donors (Lipinski definition) is 4. The molecule has 2 aromatic carbocycles. The number of benzene rings is 2. The average Bonchev–Trinajstić information content (AvgIpc) is 2.66. The van der Waals surface area contributed by atoms with Crippen LogP contribution in [-0.2, 0) is 6.61 Å². The van der Waals surface area contributed by atoms with Gasteiger partial charge in [0.25, 0.3) is 0 Å². The third-order valence-corrected chi connectivity index (χ3v) is 3.86. The number of nitriles is 1. The number of rotatable bonds is 5. The van der Waals surface area contributed by atoms with Crippen molar-refractivity contribution in [3.8, 4) is 23.1 Å². The summed E-state index contributed by atoms with van der Waals surface area (Å²) in [6.07, 6.45) is 0. The van der Waals surface area contributed by atoms with Crippen LogP contribution in [0.15, 0.2) is 48.5 Å². The molecule has 8 nitrogen and oxygen atoms in total. The SMILES string of the molecule is N#Cc1c(N)nc(N)nc1-c1ccc(OCc2ccccc2)c(B(O)O)c1. The molecule has 27 heavy (non-hydrogen) atoms. The molecule has 0 radical (unpaired) electrons. The van der Waals surface area contributed by atoms with Gasteiger partial charge >= 0.3 is 7.12 Å². The molecule has 0 spiro atoms. The van der Waals surface area contributed by atoms with Crippen LogP contribution in [-0.4, -0.2) is 27.1 Å². The number of aromatic nitrogens is 2. The lowest BCUT2D eigenvalue weighted by Gasteiger charge is -2.14. The lowest BCUT2D eigenvalue weighted by Crippen LogP contribution is -2.31. The zero-order valence-corrected chi connectivity index (χ0v) is 14.2. The maximum absolute atomic E-state index is 9.74. The van der Waals surface area contributed by atoms with Crippen molar-refractivity contribution in [3.63, 3.8) is 0 Å². The fourth-order valence-corrected chi connectivity index (χ4v) is 2.58. The average molecular weight is 361 g/mol. The highest BCUT2D eigenvalue weighted by molar-refractivity contribution is 6.59. The van der Waals surface area contributed by atoms with E-state index in [1.807, 2.05) is 36.4 Å². The van der Waals surface area contributed by atoms with E-state index in [4.69, 9.17) is 16.2 Å².